The molecule has 0 bridgehead atoms. The van der Waals surface area contributed by atoms with Crippen molar-refractivity contribution < 1.29 is 56.1 Å². The molecule has 4 N–H and O–H groups in total. The molecule has 2 aromatic rings. The number of unbranched alkanes of at least 4 members (excludes halogenated alkanes) is 1. The third-order valence-corrected chi connectivity index (χ3v) is 16.8. The number of nitrogens with one attached hydrogen (secondary N) is 4. The van der Waals surface area contributed by atoms with Gasteiger partial charge in [-0.2, -0.15) is 13.2 Å². The lowest BCUT2D eigenvalue weighted by Crippen LogP contribution is -2.51. The predicted octanol–water partition coefficient (Wildman–Crippen LogP) is 5.73. The number of alkyl halides is 3. The molecule has 6 aliphatic rings. The SMILES string of the molecule is CO[C@@H]1COCC[C@@H]1NC1CC[C@](CCCCNC(=O)C2CCC(NC(=O)CCCOC3CCC(OCCNC(=O)[C@H]4CC(=O)N(C)[C@@H]4c4cccnc4)CC3)CC2)(C(=O)N2CCc3ncc(C(F)(F)F)cc3C2)C1. The van der Waals surface area contributed by atoms with Crippen molar-refractivity contribution in [2.75, 3.05) is 60.2 Å². The van der Waals surface area contributed by atoms with Gasteiger partial charge in [-0.1, -0.05) is 12.5 Å². The van der Waals surface area contributed by atoms with Crippen LogP contribution in [0.5, 0.6) is 0 Å². The highest BCUT2D eigenvalue weighted by molar-refractivity contribution is 5.90. The van der Waals surface area contributed by atoms with Crippen molar-refractivity contribution in [1.29, 1.82) is 0 Å². The van der Waals surface area contributed by atoms with Crippen molar-refractivity contribution in [3.05, 3.63) is 59.2 Å². The number of hydrogen-bond acceptors (Lipinski definition) is 12. The zero-order valence-electron chi connectivity index (χ0n) is 43.8. The Morgan fingerprint density at radius 3 is 2.39 bits per heavy atom. The molecule has 20 heteroatoms. The quantitative estimate of drug-likeness (QED) is 0.105. The van der Waals surface area contributed by atoms with Crippen LogP contribution in [0.2, 0.25) is 0 Å². The van der Waals surface area contributed by atoms with E-state index in [-0.39, 0.29) is 90.9 Å². The van der Waals surface area contributed by atoms with Crippen LogP contribution in [0.4, 0.5) is 13.2 Å². The molecule has 17 nitrogen and oxygen atoms in total. The molecule has 414 valence electrons. The number of aromatic nitrogens is 2. The number of halogens is 3. The van der Waals surface area contributed by atoms with E-state index in [1.807, 2.05) is 12.1 Å². The van der Waals surface area contributed by atoms with E-state index in [0.717, 1.165) is 69.2 Å². The summed E-state index contributed by atoms with van der Waals surface area (Å²) < 4.78 is 64.4. The van der Waals surface area contributed by atoms with Crippen LogP contribution in [-0.2, 0) is 62.1 Å². The van der Waals surface area contributed by atoms with Gasteiger partial charge in [0, 0.05) is 121 Å². The number of carbonyl (C=O) groups excluding carboxylic acids is 5. The number of ether oxygens (including phenoxy) is 4. The summed E-state index contributed by atoms with van der Waals surface area (Å²) in [6.45, 7) is 3.39. The third-order valence-electron chi connectivity index (χ3n) is 16.8. The Bertz CT molecular complexity index is 2230. The molecule has 0 aromatic carbocycles. The van der Waals surface area contributed by atoms with E-state index in [0.29, 0.717) is 122 Å². The van der Waals surface area contributed by atoms with E-state index < -0.39 is 23.1 Å². The first-order valence-electron chi connectivity index (χ1n) is 27.6. The lowest BCUT2D eigenvalue weighted by molar-refractivity contribution is -0.144. The molecule has 2 aromatic heterocycles. The zero-order chi connectivity index (χ0) is 53.0. The summed E-state index contributed by atoms with van der Waals surface area (Å²) >= 11 is 0. The van der Waals surface area contributed by atoms with Crippen molar-refractivity contribution in [3.8, 4) is 0 Å². The fourth-order valence-corrected chi connectivity index (χ4v) is 12.6. The van der Waals surface area contributed by atoms with Crippen LogP contribution >= 0.6 is 0 Å². The molecular weight excluding hydrogens is 974 g/mol. The summed E-state index contributed by atoms with van der Waals surface area (Å²) in [4.78, 5) is 77.9. The van der Waals surface area contributed by atoms with Crippen molar-refractivity contribution >= 4 is 29.5 Å². The molecule has 2 saturated heterocycles. The predicted molar refractivity (Wildman–Crippen MR) is 270 cm³/mol. The number of methoxy groups -OCH3 is 1. The van der Waals surface area contributed by atoms with E-state index in [4.69, 9.17) is 18.9 Å². The maximum absolute atomic E-state index is 14.6. The second-order valence-electron chi connectivity index (χ2n) is 21.9. The summed E-state index contributed by atoms with van der Waals surface area (Å²) in [5, 5.41) is 13.0. The molecule has 75 heavy (non-hydrogen) atoms. The number of likely N-dealkylation sites (tertiary alicyclic amines) is 1. The fourth-order valence-electron chi connectivity index (χ4n) is 12.6. The van der Waals surface area contributed by atoms with Crippen molar-refractivity contribution in [2.45, 2.75) is 177 Å². The molecule has 8 rings (SSSR count). The van der Waals surface area contributed by atoms with Crippen LogP contribution in [0.1, 0.15) is 144 Å². The Morgan fingerprint density at radius 2 is 1.65 bits per heavy atom. The molecular formula is C55H79F3N8O9. The largest absolute Gasteiger partial charge is 0.417 e. The topological polar surface area (TPSA) is 203 Å². The number of rotatable bonds is 22. The molecule has 3 aliphatic carbocycles. The van der Waals surface area contributed by atoms with Gasteiger partial charge in [0.1, 0.15) is 0 Å². The van der Waals surface area contributed by atoms with Crippen LogP contribution in [0.3, 0.4) is 0 Å². The highest BCUT2D eigenvalue weighted by Crippen LogP contribution is 2.46. The first-order chi connectivity index (χ1) is 36.2. The highest BCUT2D eigenvalue weighted by Gasteiger charge is 2.48. The molecule has 0 spiro atoms. The van der Waals surface area contributed by atoms with Gasteiger partial charge < -0.3 is 50.0 Å². The summed E-state index contributed by atoms with van der Waals surface area (Å²) in [6.07, 6.45) is 12.6. The standard InChI is InChI=1S/C55H79F3N8O9/c1-65-49(68)30-44(50(65)37-7-5-22-59-32-37)52(70)61-24-28-75-43-15-13-42(14-16-43)74-26-6-8-48(67)64-40-11-9-36(10-12-40)51(69)60-23-4-3-20-54(21-17-41(31-54)63-46-19-27-73-35-47(46)72-2)53(71)66-25-18-45-38(34-66)29-39(33-62-45)55(56,57)58/h5,7,22,29,32-33,36,40-44,46-47,50,63H,3-4,6,8-21,23-28,30-31,34-35H2,1-2H3,(H,60,69)(H,61,70)(H,64,67)/t36?,40?,41?,42?,43?,44-,46-,47+,50+,54-/m0/s1. The monoisotopic (exact) mass is 1050 g/mol. The highest BCUT2D eigenvalue weighted by atomic mass is 19.4. The van der Waals surface area contributed by atoms with E-state index in [2.05, 4.69) is 31.2 Å². The lowest BCUT2D eigenvalue weighted by atomic mass is 9.78. The van der Waals surface area contributed by atoms with Gasteiger partial charge in [0.25, 0.3) is 0 Å². The van der Waals surface area contributed by atoms with Gasteiger partial charge in [-0.25, -0.2) is 0 Å². The number of nitrogens with zero attached hydrogens (tertiary/aromatic N) is 4. The second-order valence-corrected chi connectivity index (χ2v) is 21.9. The van der Waals surface area contributed by atoms with Crippen molar-refractivity contribution in [2.24, 2.45) is 17.3 Å². The Morgan fingerprint density at radius 1 is 0.893 bits per heavy atom. The van der Waals surface area contributed by atoms with E-state index in [1.54, 1.807) is 36.4 Å². The molecule has 5 fully saturated rings. The van der Waals surface area contributed by atoms with E-state index in [9.17, 15) is 37.1 Å². The first-order valence-corrected chi connectivity index (χ1v) is 27.6. The van der Waals surface area contributed by atoms with Gasteiger partial charge in [-0.3, -0.25) is 33.9 Å². The summed E-state index contributed by atoms with van der Waals surface area (Å²) in [7, 11) is 3.40. The average molecular weight is 1050 g/mol. The zero-order valence-corrected chi connectivity index (χ0v) is 43.8. The number of fused-ring (bicyclic) bond motifs is 1. The maximum Gasteiger partial charge on any atom is 0.417 e. The second kappa shape index (κ2) is 26.5. The van der Waals surface area contributed by atoms with Gasteiger partial charge in [-0.05, 0) is 120 Å². The molecule has 5 heterocycles. The van der Waals surface area contributed by atoms with Gasteiger partial charge >= 0.3 is 6.18 Å². The maximum atomic E-state index is 14.6. The summed E-state index contributed by atoms with van der Waals surface area (Å²) in [6, 6.07) is 4.71. The van der Waals surface area contributed by atoms with Crippen LogP contribution < -0.4 is 21.3 Å². The first kappa shape index (κ1) is 56.4. The van der Waals surface area contributed by atoms with Crippen molar-refractivity contribution in [1.82, 2.24) is 41.0 Å². The van der Waals surface area contributed by atoms with Crippen LogP contribution in [0, 0.1) is 17.3 Å². The average Bonchev–Trinajstić information content (AvgIpc) is 3.98. The number of pyridine rings is 2. The summed E-state index contributed by atoms with van der Waals surface area (Å²) in [5.74, 6) is -0.829. The Hall–Kier alpha value is -4.76. The summed E-state index contributed by atoms with van der Waals surface area (Å²) in [5.41, 5.74) is 0.407. The fraction of sp³-hybridized carbons (Fsp3) is 0.727. The van der Waals surface area contributed by atoms with Crippen LogP contribution in [0.15, 0.2) is 36.8 Å². The van der Waals surface area contributed by atoms with E-state index in [1.165, 1.54) is 0 Å². The van der Waals surface area contributed by atoms with E-state index >= 15 is 0 Å². The molecule has 6 atom stereocenters. The molecule has 5 amide bonds. The van der Waals surface area contributed by atoms with Crippen LogP contribution in [0.25, 0.3) is 0 Å². The minimum atomic E-state index is -4.52. The Labute approximate surface area is 439 Å². The molecule has 3 saturated carbocycles. The van der Waals surface area contributed by atoms with Crippen molar-refractivity contribution in [3.63, 3.8) is 0 Å². The van der Waals surface area contributed by atoms with Gasteiger partial charge in [0.15, 0.2) is 0 Å². The Kier molecular flexibility index (Phi) is 20.0. The van der Waals surface area contributed by atoms with Gasteiger partial charge in [0.05, 0.1) is 54.5 Å². The number of amides is 5. The van der Waals surface area contributed by atoms with Crippen LogP contribution in [-0.4, -0.2) is 146 Å². The smallest absolute Gasteiger partial charge is 0.379 e. The lowest BCUT2D eigenvalue weighted by Gasteiger charge is -2.38. The normalized spacial score (nSPS) is 29.2. The minimum absolute atomic E-state index is 0.00377. The number of hydrogen-bond donors (Lipinski definition) is 4. The molecule has 1 unspecified atom stereocenters. The van der Waals surface area contributed by atoms with Gasteiger partial charge in [0.2, 0.25) is 29.5 Å². The molecule has 0 radical (unpaired) electrons. The minimum Gasteiger partial charge on any atom is -0.379 e. The number of carbonyl (C=O) groups is 5. The van der Waals surface area contributed by atoms with Gasteiger partial charge in [-0.15, -0.1) is 0 Å². The Balaban J connectivity index is 0.682. The third kappa shape index (κ3) is 15.0. The molecule has 3 aliphatic heterocycles.